The van der Waals surface area contributed by atoms with Crippen LogP contribution in [0.25, 0.3) is 67.5 Å². The third-order valence-corrected chi connectivity index (χ3v) is 7.37. The monoisotopic (exact) mass is 553 g/mol. The van der Waals surface area contributed by atoms with Gasteiger partial charge in [-0.3, -0.25) is 9.97 Å². The minimum atomic E-state index is 0.610. The predicted molar refractivity (Wildman–Crippen MR) is 173 cm³/mol. The first kappa shape index (κ1) is 26.1. The lowest BCUT2D eigenvalue weighted by Gasteiger charge is -2.11. The van der Waals surface area contributed by atoms with Gasteiger partial charge in [0.2, 0.25) is 0 Å². The molecule has 0 atom stereocenters. The molecule has 0 radical (unpaired) electrons. The molecule has 0 saturated heterocycles. The standard InChI is InChI=1S/C38H27N5/c1-26-15-17-27(18-16-26)28-7-2-10-31(21-28)36-41-37(32-11-3-8-29(22-32)34-13-5-19-39-24-34)43-38(42-36)33-12-4-9-30(23-33)35-14-6-20-40-25-35/h2-25H,1H3. The SMILES string of the molecule is Cc1ccc(-c2cccc(-c3nc(-c4cccc(-c5cccnc5)c4)nc(-c4cccc(-c5cccnc5)c4)n3)c2)cc1. The summed E-state index contributed by atoms with van der Waals surface area (Å²) in [5.41, 5.74) is 10.4. The molecular formula is C38H27N5. The van der Waals surface area contributed by atoms with E-state index in [-0.39, 0.29) is 0 Å². The second-order valence-electron chi connectivity index (χ2n) is 10.4. The smallest absolute Gasteiger partial charge is 0.164 e. The average Bonchev–Trinajstić information content (AvgIpc) is 3.09. The van der Waals surface area contributed by atoms with Crippen LogP contribution in [0.5, 0.6) is 0 Å². The van der Waals surface area contributed by atoms with Gasteiger partial charge < -0.3 is 0 Å². The number of hydrogen-bond acceptors (Lipinski definition) is 5. The fourth-order valence-electron chi connectivity index (χ4n) is 5.09. The van der Waals surface area contributed by atoms with Crippen molar-refractivity contribution in [3.63, 3.8) is 0 Å². The van der Waals surface area contributed by atoms with Crippen molar-refractivity contribution in [3.8, 4) is 67.5 Å². The van der Waals surface area contributed by atoms with Crippen molar-refractivity contribution in [1.29, 1.82) is 0 Å². The lowest BCUT2D eigenvalue weighted by atomic mass is 10.0. The normalized spacial score (nSPS) is 10.9. The van der Waals surface area contributed by atoms with Crippen LogP contribution in [0.2, 0.25) is 0 Å². The van der Waals surface area contributed by atoms with Gasteiger partial charge in [-0.2, -0.15) is 0 Å². The number of aryl methyl sites for hydroxylation is 1. The van der Waals surface area contributed by atoms with Crippen molar-refractivity contribution in [2.24, 2.45) is 0 Å². The third-order valence-electron chi connectivity index (χ3n) is 7.37. The third kappa shape index (κ3) is 5.69. The highest BCUT2D eigenvalue weighted by atomic mass is 15.0. The minimum absolute atomic E-state index is 0.610. The Labute approximate surface area is 250 Å². The molecule has 7 aromatic rings. The van der Waals surface area contributed by atoms with E-state index in [0.29, 0.717) is 17.5 Å². The predicted octanol–water partition coefficient (Wildman–Crippen LogP) is 8.97. The molecule has 3 heterocycles. The van der Waals surface area contributed by atoms with Crippen molar-refractivity contribution >= 4 is 0 Å². The summed E-state index contributed by atoms with van der Waals surface area (Å²) in [6, 6.07) is 41.4. The van der Waals surface area contributed by atoms with Gasteiger partial charge in [0.15, 0.2) is 17.5 Å². The maximum Gasteiger partial charge on any atom is 0.164 e. The van der Waals surface area contributed by atoms with E-state index in [1.165, 1.54) is 5.56 Å². The Morgan fingerprint density at radius 2 is 0.721 bits per heavy atom. The molecule has 0 fully saturated rings. The molecule has 43 heavy (non-hydrogen) atoms. The quantitative estimate of drug-likeness (QED) is 0.206. The Morgan fingerprint density at radius 3 is 1.12 bits per heavy atom. The molecule has 0 amide bonds. The van der Waals surface area contributed by atoms with E-state index in [1.54, 1.807) is 12.4 Å². The second-order valence-corrected chi connectivity index (χ2v) is 10.4. The van der Waals surface area contributed by atoms with Gasteiger partial charge in [-0.05, 0) is 59.5 Å². The number of aromatic nitrogens is 5. The molecule has 0 aliphatic carbocycles. The van der Waals surface area contributed by atoms with Crippen LogP contribution in [-0.4, -0.2) is 24.9 Å². The van der Waals surface area contributed by atoms with E-state index in [9.17, 15) is 0 Å². The molecule has 3 aromatic heterocycles. The van der Waals surface area contributed by atoms with Crippen LogP contribution in [0, 0.1) is 6.92 Å². The summed E-state index contributed by atoms with van der Waals surface area (Å²) < 4.78 is 0. The fraction of sp³-hybridized carbons (Fsp3) is 0.0263. The van der Waals surface area contributed by atoms with Crippen molar-refractivity contribution in [1.82, 2.24) is 24.9 Å². The maximum atomic E-state index is 5.02. The van der Waals surface area contributed by atoms with E-state index in [0.717, 1.165) is 50.1 Å². The Hall–Kier alpha value is -5.81. The van der Waals surface area contributed by atoms with E-state index >= 15 is 0 Å². The van der Waals surface area contributed by atoms with Gasteiger partial charge in [0, 0.05) is 52.6 Å². The van der Waals surface area contributed by atoms with Crippen LogP contribution in [0.4, 0.5) is 0 Å². The van der Waals surface area contributed by atoms with Crippen molar-refractivity contribution < 1.29 is 0 Å². The van der Waals surface area contributed by atoms with Crippen molar-refractivity contribution in [3.05, 3.63) is 152 Å². The van der Waals surface area contributed by atoms with E-state index in [1.807, 2.05) is 48.8 Å². The highest BCUT2D eigenvalue weighted by Gasteiger charge is 2.14. The molecule has 0 N–H and O–H groups in total. The Balaban J connectivity index is 1.37. The van der Waals surface area contributed by atoms with Gasteiger partial charge in [-0.25, -0.2) is 15.0 Å². The van der Waals surface area contributed by atoms with Gasteiger partial charge in [0.1, 0.15) is 0 Å². The van der Waals surface area contributed by atoms with Gasteiger partial charge >= 0.3 is 0 Å². The number of pyridine rings is 2. The average molecular weight is 554 g/mol. The van der Waals surface area contributed by atoms with E-state index in [2.05, 4.69) is 102 Å². The molecule has 7 rings (SSSR count). The molecule has 0 unspecified atom stereocenters. The van der Waals surface area contributed by atoms with Gasteiger partial charge in [-0.1, -0.05) is 96.6 Å². The lowest BCUT2D eigenvalue weighted by molar-refractivity contribution is 1.07. The van der Waals surface area contributed by atoms with Crippen LogP contribution < -0.4 is 0 Å². The molecule has 5 heteroatoms. The van der Waals surface area contributed by atoms with Crippen LogP contribution >= 0.6 is 0 Å². The number of benzene rings is 4. The van der Waals surface area contributed by atoms with Crippen molar-refractivity contribution in [2.45, 2.75) is 6.92 Å². The zero-order valence-electron chi connectivity index (χ0n) is 23.6. The first-order chi connectivity index (χ1) is 21.2. The van der Waals surface area contributed by atoms with Gasteiger partial charge in [0.05, 0.1) is 0 Å². The molecule has 5 nitrogen and oxygen atoms in total. The molecule has 4 aromatic carbocycles. The van der Waals surface area contributed by atoms with E-state index in [4.69, 9.17) is 15.0 Å². The van der Waals surface area contributed by atoms with Crippen LogP contribution in [0.3, 0.4) is 0 Å². The summed E-state index contributed by atoms with van der Waals surface area (Å²) in [6.45, 7) is 2.10. The highest BCUT2D eigenvalue weighted by Crippen LogP contribution is 2.31. The van der Waals surface area contributed by atoms with Gasteiger partial charge in [0.25, 0.3) is 0 Å². The zero-order valence-corrected chi connectivity index (χ0v) is 23.6. The minimum Gasteiger partial charge on any atom is -0.264 e. The van der Waals surface area contributed by atoms with Crippen LogP contribution in [-0.2, 0) is 0 Å². The molecule has 0 bridgehead atoms. The highest BCUT2D eigenvalue weighted by molar-refractivity contribution is 5.76. The summed E-state index contributed by atoms with van der Waals surface area (Å²) >= 11 is 0. The summed E-state index contributed by atoms with van der Waals surface area (Å²) in [7, 11) is 0. The fourth-order valence-corrected chi connectivity index (χ4v) is 5.09. The summed E-state index contributed by atoms with van der Waals surface area (Å²) in [5.74, 6) is 1.84. The maximum absolute atomic E-state index is 5.02. The molecule has 0 saturated carbocycles. The summed E-state index contributed by atoms with van der Waals surface area (Å²) in [4.78, 5) is 23.6. The topological polar surface area (TPSA) is 64.5 Å². The van der Waals surface area contributed by atoms with Gasteiger partial charge in [-0.15, -0.1) is 0 Å². The first-order valence-corrected chi connectivity index (χ1v) is 14.1. The van der Waals surface area contributed by atoms with Crippen molar-refractivity contribution in [2.75, 3.05) is 0 Å². The Morgan fingerprint density at radius 1 is 0.349 bits per heavy atom. The largest absolute Gasteiger partial charge is 0.264 e. The molecular weight excluding hydrogens is 526 g/mol. The molecule has 0 aliphatic rings. The van der Waals surface area contributed by atoms with Crippen LogP contribution in [0.15, 0.2) is 146 Å². The number of nitrogens with zero attached hydrogens (tertiary/aromatic N) is 5. The first-order valence-electron chi connectivity index (χ1n) is 14.1. The summed E-state index contributed by atoms with van der Waals surface area (Å²) in [5, 5.41) is 0. The second kappa shape index (κ2) is 11.6. The number of hydrogen-bond donors (Lipinski definition) is 0. The molecule has 0 aliphatic heterocycles. The zero-order chi connectivity index (χ0) is 29.0. The lowest BCUT2D eigenvalue weighted by Crippen LogP contribution is -2.00. The van der Waals surface area contributed by atoms with Crippen LogP contribution in [0.1, 0.15) is 5.56 Å². The molecule has 0 spiro atoms. The Bertz CT molecular complexity index is 1920. The summed E-state index contributed by atoms with van der Waals surface area (Å²) in [6.07, 6.45) is 7.29. The number of rotatable bonds is 6. The molecule has 204 valence electrons. The van der Waals surface area contributed by atoms with E-state index < -0.39 is 0 Å². The Kier molecular flexibility index (Phi) is 7.04.